The first-order valence-corrected chi connectivity index (χ1v) is 9.34. The van der Waals surface area contributed by atoms with Crippen LogP contribution in [0.5, 0.6) is 5.75 Å². The summed E-state index contributed by atoms with van der Waals surface area (Å²) in [6.07, 6.45) is 1.25. The smallest absolute Gasteiger partial charge is 0.273 e. The number of aromatic nitrogens is 2. The van der Waals surface area contributed by atoms with Crippen molar-refractivity contribution in [1.82, 2.24) is 15.1 Å². The number of rotatable bonds is 4. The van der Waals surface area contributed by atoms with E-state index in [4.69, 9.17) is 4.74 Å². The van der Waals surface area contributed by atoms with Gasteiger partial charge in [0.2, 0.25) is 5.91 Å². The molecule has 2 heterocycles. The van der Waals surface area contributed by atoms with Gasteiger partial charge in [-0.3, -0.25) is 19.5 Å². The zero-order valence-corrected chi connectivity index (χ0v) is 15.3. The molecule has 0 bridgehead atoms. The minimum atomic E-state index is -0.320. The molecule has 2 aromatic carbocycles. The largest absolute Gasteiger partial charge is 0.493 e. The van der Waals surface area contributed by atoms with E-state index in [9.17, 15) is 14.4 Å². The van der Waals surface area contributed by atoms with Crippen molar-refractivity contribution < 1.29 is 9.53 Å². The first kappa shape index (κ1) is 18.0. The van der Waals surface area contributed by atoms with Crippen LogP contribution in [0.3, 0.4) is 0 Å². The first-order valence-electron chi connectivity index (χ1n) is 9.34. The zero-order chi connectivity index (χ0) is 19.5. The molecule has 2 N–H and O–H groups in total. The lowest BCUT2D eigenvalue weighted by Gasteiger charge is -2.14. The third-order valence-electron chi connectivity index (χ3n) is 5.05. The van der Waals surface area contributed by atoms with Crippen LogP contribution in [0.4, 0.5) is 0 Å². The molecule has 0 radical (unpaired) electrons. The zero-order valence-electron chi connectivity index (χ0n) is 15.3. The molecule has 0 spiro atoms. The van der Waals surface area contributed by atoms with Crippen molar-refractivity contribution in [2.45, 2.75) is 19.4 Å². The molecule has 28 heavy (non-hydrogen) atoms. The van der Waals surface area contributed by atoms with Gasteiger partial charge in [-0.2, -0.15) is 0 Å². The fourth-order valence-electron chi connectivity index (χ4n) is 3.56. The maximum Gasteiger partial charge on any atom is 0.273 e. The molecule has 3 aromatic rings. The van der Waals surface area contributed by atoms with Crippen molar-refractivity contribution >= 4 is 16.7 Å². The summed E-state index contributed by atoms with van der Waals surface area (Å²) in [4.78, 5) is 37.2. The Kier molecular flexibility index (Phi) is 4.97. The molecule has 1 aliphatic rings. The number of nitrogens with zero attached hydrogens (tertiary/aromatic N) is 1. The highest BCUT2D eigenvalue weighted by Crippen LogP contribution is 2.26. The molecule has 1 aliphatic heterocycles. The molecular formula is C21H21N3O4. The Balaban J connectivity index is 1.42. The number of hydrogen-bond acceptors (Lipinski definition) is 4. The number of H-pyrrole nitrogens is 1. The lowest BCUT2D eigenvalue weighted by molar-refractivity contribution is -0.125. The van der Waals surface area contributed by atoms with Crippen LogP contribution in [0.2, 0.25) is 0 Å². The molecular weight excluding hydrogens is 358 g/mol. The van der Waals surface area contributed by atoms with Crippen molar-refractivity contribution in [2.75, 3.05) is 13.2 Å². The summed E-state index contributed by atoms with van der Waals surface area (Å²) in [5, 5.41) is 6.19. The second-order valence-corrected chi connectivity index (χ2v) is 6.88. The Morgan fingerprint density at radius 1 is 1.11 bits per heavy atom. The Bertz CT molecular complexity index is 1130. The normalized spacial score (nSPS) is 16.1. The summed E-state index contributed by atoms with van der Waals surface area (Å²) >= 11 is 0. The molecule has 0 aliphatic carbocycles. The summed E-state index contributed by atoms with van der Waals surface area (Å²) in [6.45, 7) is 0.947. The van der Waals surface area contributed by atoms with Gasteiger partial charge in [0.25, 0.3) is 11.1 Å². The van der Waals surface area contributed by atoms with Gasteiger partial charge in [0.15, 0.2) is 0 Å². The fraction of sp³-hybridized carbons (Fsp3) is 0.286. The van der Waals surface area contributed by atoms with Crippen molar-refractivity contribution in [2.24, 2.45) is 5.92 Å². The number of hydrogen-bond donors (Lipinski definition) is 2. The predicted octanol–water partition coefficient (Wildman–Crippen LogP) is 1.45. The van der Waals surface area contributed by atoms with Crippen molar-refractivity contribution in [3.63, 3.8) is 0 Å². The van der Waals surface area contributed by atoms with E-state index >= 15 is 0 Å². The number of aromatic amines is 1. The van der Waals surface area contributed by atoms with Crippen LogP contribution in [0, 0.1) is 5.92 Å². The van der Waals surface area contributed by atoms with Crippen molar-refractivity contribution in [1.29, 1.82) is 0 Å². The van der Waals surface area contributed by atoms with E-state index < -0.39 is 0 Å². The second kappa shape index (κ2) is 7.72. The number of nitrogens with one attached hydrogen (secondary N) is 2. The molecule has 1 unspecified atom stereocenters. The van der Waals surface area contributed by atoms with Crippen LogP contribution in [-0.2, 0) is 17.8 Å². The summed E-state index contributed by atoms with van der Waals surface area (Å²) in [5.74, 6) is 0.575. The predicted molar refractivity (Wildman–Crippen MR) is 106 cm³/mol. The average Bonchev–Trinajstić information content (AvgIpc) is 2.94. The lowest BCUT2D eigenvalue weighted by Crippen LogP contribution is -2.38. The van der Waals surface area contributed by atoms with Gasteiger partial charge in [-0.25, -0.2) is 4.68 Å². The maximum absolute atomic E-state index is 12.6. The number of benzene rings is 2. The van der Waals surface area contributed by atoms with E-state index in [1.807, 2.05) is 24.3 Å². The second-order valence-electron chi connectivity index (χ2n) is 6.88. The lowest BCUT2D eigenvalue weighted by atomic mass is 9.96. The Morgan fingerprint density at radius 2 is 1.86 bits per heavy atom. The van der Waals surface area contributed by atoms with Crippen LogP contribution in [0.15, 0.2) is 58.1 Å². The van der Waals surface area contributed by atoms with Crippen molar-refractivity contribution in [3.8, 4) is 5.75 Å². The SMILES string of the molecule is O=C(NCCn1[nH]c(=O)c2ccccc2c1=O)C1CCOc2ccccc2C1. The molecule has 0 saturated heterocycles. The van der Waals surface area contributed by atoms with E-state index in [-0.39, 0.29) is 36.0 Å². The quantitative estimate of drug-likeness (QED) is 0.718. The van der Waals surface area contributed by atoms with E-state index in [1.165, 1.54) is 4.68 Å². The van der Waals surface area contributed by atoms with Gasteiger partial charge in [0.1, 0.15) is 5.75 Å². The topological polar surface area (TPSA) is 93.2 Å². The van der Waals surface area contributed by atoms with Gasteiger partial charge < -0.3 is 10.1 Å². The maximum atomic E-state index is 12.6. The fourth-order valence-corrected chi connectivity index (χ4v) is 3.56. The molecule has 0 fully saturated rings. The highest BCUT2D eigenvalue weighted by molar-refractivity contribution is 5.80. The number of carbonyl (C=O) groups excluding carboxylic acids is 1. The summed E-state index contributed by atoms with van der Waals surface area (Å²) in [6, 6.07) is 14.4. The van der Waals surface area contributed by atoms with E-state index in [0.717, 1.165) is 11.3 Å². The third kappa shape index (κ3) is 3.55. The van der Waals surface area contributed by atoms with Gasteiger partial charge in [-0.15, -0.1) is 0 Å². The Morgan fingerprint density at radius 3 is 2.71 bits per heavy atom. The number of amides is 1. The molecule has 1 atom stereocenters. The highest BCUT2D eigenvalue weighted by atomic mass is 16.5. The molecule has 4 rings (SSSR count). The number of carbonyl (C=O) groups is 1. The first-order chi connectivity index (χ1) is 13.6. The van der Waals surface area contributed by atoms with Crippen molar-refractivity contribution in [3.05, 3.63) is 74.8 Å². The monoisotopic (exact) mass is 379 g/mol. The number of para-hydroxylation sites is 1. The van der Waals surface area contributed by atoms with Gasteiger partial charge in [0.05, 0.1) is 23.9 Å². The molecule has 1 amide bonds. The van der Waals surface area contributed by atoms with E-state index in [0.29, 0.717) is 30.2 Å². The molecule has 7 heteroatoms. The van der Waals surface area contributed by atoms with E-state index in [1.54, 1.807) is 24.3 Å². The molecule has 1 aromatic heterocycles. The van der Waals surface area contributed by atoms with E-state index in [2.05, 4.69) is 10.4 Å². The molecule has 144 valence electrons. The average molecular weight is 379 g/mol. The van der Waals surface area contributed by atoms with Gasteiger partial charge in [0, 0.05) is 12.5 Å². The Hall–Kier alpha value is -3.35. The standard InChI is InChI=1S/C21H21N3O4/c25-19(15-9-12-28-18-8-4-1-5-14(18)13-15)22-10-11-24-21(27)17-7-3-2-6-16(17)20(26)23-24/h1-8,15H,9-13H2,(H,22,25)(H,23,26). The van der Waals surface area contributed by atoms with Gasteiger partial charge in [-0.1, -0.05) is 30.3 Å². The Labute approximate surface area is 160 Å². The van der Waals surface area contributed by atoms with Crippen LogP contribution >= 0.6 is 0 Å². The minimum absolute atomic E-state index is 0.0727. The van der Waals surface area contributed by atoms with Gasteiger partial charge in [-0.05, 0) is 36.6 Å². The molecule has 0 saturated carbocycles. The minimum Gasteiger partial charge on any atom is -0.493 e. The van der Waals surface area contributed by atoms with Crippen LogP contribution in [-0.4, -0.2) is 28.8 Å². The summed E-state index contributed by atoms with van der Waals surface area (Å²) in [7, 11) is 0. The molecule has 7 nitrogen and oxygen atoms in total. The highest BCUT2D eigenvalue weighted by Gasteiger charge is 2.23. The van der Waals surface area contributed by atoms with Crippen LogP contribution < -0.4 is 21.2 Å². The van der Waals surface area contributed by atoms with Gasteiger partial charge >= 0.3 is 0 Å². The van der Waals surface area contributed by atoms with Crippen LogP contribution in [0.25, 0.3) is 10.8 Å². The number of ether oxygens (including phenoxy) is 1. The summed E-state index contributed by atoms with van der Waals surface area (Å²) < 4.78 is 6.95. The third-order valence-corrected chi connectivity index (χ3v) is 5.05. The number of fused-ring (bicyclic) bond motifs is 2. The summed E-state index contributed by atoms with van der Waals surface area (Å²) in [5.41, 5.74) is 0.426. The van der Waals surface area contributed by atoms with Crippen LogP contribution in [0.1, 0.15) is 12.0 Å².